The van der Waals surface area contributed by atoms with Gasteiger partial charge in [0.15, 0.2) is 0 Å². The fraction of sp³-hybridized carbons (Fsp3) is 0.182. The summed E-state index contributed by atoms with van der Waals surface area (Å²) in [5, 5.41) is 0. The van der Waals surface area contributed by atoms with Gasteiger partial charge in [-0.15, -0.1) is 0 Å². The van der Waals surface area contributed by atoms with Gasteiger partial charge in [0, 0.05) is 11.1 Å². The molecule has 0 bridgehead atoms. The van der Waals surface area contributed by atoms with Crippen molar-refractivity contribution in [3.63, 3.8) is 0 Å². The molecule has 6 aromatic rings. The van der Waals surface area contributed by atoms with Crippen molar-refractivity contribution in [2.24, 2.45) is 0 Å². The highest BCUT2D eigenvalue weighted by atomic mass is 19.4. The largest absolute Gasteiger partial charge is 0.416 e. The molecular formula is C44H35F5. The van der Waals surface area contributed by atoms with E-state index in [4.69, 9.17) is 0 Å². The van der Waals surface area contributed by atoms with E-state index >= 15 is 0 Å². The maximum absolute atomic E-state index is 14.3. The number of aryl methyl sites for hydroxylation is 5. The third-order valence-corrected chi connectivity index (χ3v) is 9.89. The van der Waals surface area contributed by atoms with Crippen LogP contribution in [-0.4, -0.2) is 0 Å². The van der Waals surface area contributed by atoms with Crippen LogP contribution in [0.4, 0.5) is 22.0 Å². The minimum Gasteiger partial charge on any atom is -0.196 e. The molecule has 49 heavy (non-hydrogen) atoms. The summed E-state index contributed by atoms with van der Waals surface area (Å²) in [6.07, 6.45) is -4.37. The van der Waals surface area contributed by atoms with Crippen molar-refractivity contribution < 1.29 is 22.0 Å². The molecule has 5 heteroatoms. The van der Waals surface area contributed by atoms with Gasteiger partial charge in [0.05, 0.1) is 11.0 Å². The molecule has 0 saturated carbocycles. The first-order valence-corrected chi connectivity index (χ1v) is 16.3. The lowest BCUT2D eigenvalue weighted by atomic mass is 9.67. The normalized spacial score (nSPS) is 14.7. The second-order valence-electron chi connectivity index (χ2n) is 13.5. The van der Waals surface area contributed by atoms with Crippen molar-refractivity contribution in [1.82, 2.24) is 0 Å². The SMILES string of the molecule is Cc1ccc(C2(c3ccc(C(F)(F)F)cc3)c3cc(C)ccc3-c3ccc(C)cc32)cc1.Cc1ccc2c(c1)C(F)(F)c1cc(C)ccc1-2. The Kier molecular flexibility index (Phi) is 7.66. The number of hydrogen-bond acceptors (Lipinski definition) is 0. The average Bonchev–Trinajstić information content (AvgIpc) is 3.46. The van der Waals surface area contributed by atoms with Crippen molar-refractivity contribution in [1.29, 1.82) is 0 Å². The van der Waals surface area contributed by atoms with E-state index in [1.807, 2.05) is 32.9 Å². The van der Waals surface area contributed by atoms with Crippen molar-refractivity contribution in [2.75, 3.05) is 0 Å². The topological polar surface area (TPSA) is 0 Å². The van der Waals surface area contributed by atoms with Crippen molar-refractivity contribution >= 4 is 0 Å². The lowest BCUT2D eigenvalue weighted by Crippen LogP contribution is -2.29. The first kappa shape index (κ1) is 32.5. The minimum atomic E-state index is -4.37. The van der Waals surface area contributed by atoms with Gasteiger partial charge in [0.1, 0.15) is 0 Å². The first-order valence-electron chi connectivity index (χ1n) is 16.3. The molecule has 2 aliphatic carbocycles. The highest BCUT2D eigenvalue weighted by molar-refractivity contribution is 5.87. The fourth-order valence-electron chi connectivity index (χ4n) is 7.50. The van der Waals surface area contributed by atoms with Crippen LogP contribution in [0.15, 0.2) is 121 Å². The molecule has 0 nitrogen and oxygen atoms in total. The van der Waals surface area contributed by atoms with Crippen molar-refractivity contribution in [2.45, 2.75) is 52.1 Å². The van der Waals surface area contributed by atoms with Crippen LogP contribution in [0.2, 0.25) is 0 Å². The van der Waals surface area contributed by atoms with Crippen LogP contribution in [-0.2, 0) is 17.5 Å². The summed E-state index contributed by atoms with van der Waals surface area (Å²) < 4.78 is 68.6. The van der Waals surface area contributed by atoms with Crippen molar-refractivity contribution in [3.8, 4) is 22.3 Å². The van der Waals surface area contributed by atoms with E-state index in [-0.39, 0.29) is 11.1 Å². The summed E-state index contributed by atoms with van der Waals surface area (Å²) in [5.74, 6) is -2.86. The summed E-state index contributed by atoms with van der Waals surface area (Å²) in [5.41, 5.74) is 11.8. The van der Waals surface area contributed by atoms with Gasteiger partial charge in [-0.1, -0.05) is 125 Å². The third-order valence-electron chi connectivity index (χ3n) is 9.89. The van der Waals surface area contributed by atoms with Gasteiger partial charge in [-0.2, -0.15) is 22.0 Å². The Labute approximate surface area is 283 Å². The van der Waals surface area contributed by atoms with E-state index in [1.165, 1.54) is 12.1 Å². The predicted octanol–water partition coefficient (Wildman–Crippen LogP) is 12.4. The number of benzene rings is 6. The second-order valence-corrected chi connectivity index (χ2v) is 13.5. The van der Waals surface area contributed by atoms with E-state index in [0.717, 1.165) is 61.2 Å². The molecule has 0 aromatic heterocycles. The maximum atomic E-state index is 14.3. The van der Waals surface area contributed by atoms with Gasteiger partial charge in [0.25, 0.3) is 5.92 Å². The molecule has 0 heterocycles. The van der Waals surface area contributed by atoms with E-state index in [2.05, 4.69) is 74.5 Å². The first-order chi connectivity index (χ1) is 23.2. The monoisotopic (exact) mass is 658 g/mol. The van der Waals surface area contributed by atoms with Crippen LogP contribution in [0.3, 0.4) is 0 Å². The molecule has 246 valence electrons. The number of hydrogen-bond donors (Lipinski definition) is 0. The molecule has 0 atom stereocenters. The summed E-state index contributed by atoms with van der Waals surface area (Å²) >= 11 is 0. The lowest BCUT2D eigenvalue weighted by Gasteiger charge is -2.34. The molecule has 0 saturated heterocycles. The summed E-state index contributed by atoms with van der Waals surface area (Å²) in [6, 6.07) is 37.4. The van der Waals surface area contributed by atoms with Crippen LogP contribution in [0.25, 0.3) is 22.3 Å². The molecule has 0 amide bonds. The zero-order chi connectivity index (χ0) is 34.9. The quantitative estimate of drug-likeness (QED) is 0.162. The van der Waals surface area contributed by atoms with Gasteiger partial charge in [0.2, 0.25) is 0 Å². The summed E-state index contributed by atoms with van der Waals surface area (Å²) in [7, 11) is 0. The third kappa shape index (κ3) is 5.27. The molecule has 2 aliphatic rings. The van der Waals surface area contributed by atoms with Crippen LogP contribution < -0.4 is 0 Å². The predicted molar refractivity (Wildman–Crippen MR) is 187 cm³/mol. The average molecular weight is 659 g/mol. The van der Waals surface area contributed by atoms with Crippen LogP contribution >= 0.6 is 0 Å². The molecular weight excluding hydrogens is 623 g/mol. The highest BCUT2D eigenvalue weighted by Crippen LogP contribution is 2.57. The van der Waals surface area contributed by atoms with Crippen LogP contribution in [0.1, 0.15) is 66.8 Å². The smallest absolute Gasteiger partial charge is 0.196 e. The zero-order valence-corrected chi connectivity index (χ0v) is 27.9. The zero-order valence-electron chi connectivity index (χ0n) is 27.9. The number of fused-ring (bicyclic) bond motifs is 6. The van der Waals surface area contributed by atoms with E-state index in [9.17, 15) is 22.0 Å². The minimum absolute atomic E-state index is 0.137. The molecule has 0 aliphatic heterocycles. The fourth-order valence-corrected chi connectivity index (χ4v) is 7.50. The standard InChI is InChI=1S/C29H23F3.C15H12F2/c1-18-4-8-21(9-5-18)28(22-10-12-23(13-11-22)29(30,31)32)26-16-19(2)6-14-24(26)25-15-7-20(3)17-27(25)28;1-9-3-5-11-12-6-4-10(2)8-14(12)15(16,17)13(11)7-9/h4-17H,1-3H3;3-8H,1-2H3. The Morgan fingerprint density at radius 2 is 0.694 bits per heavy atom. The van der Waals surface area contributed by atoms with Gasteiger partial charge < -0.3 is 0 Å². The Balaban J connectivity index is 0.000000186. The molecule has 0 radical (unpaired) electrons. The van der Waals surface area contributed by atoms with Gasteiger partial charge in [-0.3, -0.25) is 0 Å². The molecule has 8 rings (SSSR count). The Bertz CT molecular complexity index is 2120. The molecule has 0 spiro atoms. The molecule has 0 unspecified atom stereocenters. The summed E-state index contributed by atoms with van der Waals surface area (Å²) in [6.45, 7) is 9.83. The van der Waals surface area contributed by atoms with Crippen molar-refractivity contribution in [3.05, 3.63) is 188 Å². The van der Waals surface area contributed by atoms with E-state index in [1.54, 1.807) is 36.4 Å². The number of halogens is 5. The van der Waals surface area contributed by atoms with Gasteiger partial charge >= 0.3 is 6.18 Å². The number of alkyl halides is 5. The molecule has 6 aromatic carbocycles. The maximum Gasteiger partial charge on any atom is 0.416 e. The van der Waals surface area contributed by atoms with Gasteiger partial charge in [-0.05, 0) is 103 Å². The van der Waals surface area contributed by atoms with E-state index < -0.39 is 23.1 Å². The van der Waals surface area contributed by atoms with Gasteiger partial charge in [-0.25, -0.2) is 0 Å². The highest BCUT2D eigenvalue weighted by Gasteiger charge is 2.47. The van der Waals surface area contributed by atoms with Crippen LogP contribution in [0, 0.1) is 34.6 Å². The molecule has 0 N–H and O–H groups in total. The summed E-state index contributed by atoms with van der Waals surface area (Å²) in [4.78, 5) is 0. The Hall–Kier alpha value is -5.03. The van der Waals surface area contributed by atoms with Crippen LogP contribution in [0.5, 0.6) is 0 Å². The Morgan fingerprint density at radius 1 is 0.388 bits per heavy atom. The van der Waals surface area contributed by atoms with E-state index in [0.29, 0.717) is 11.1 Å². The Morgan fingerprint density at radius 3 is 1.06 bits per heavy atom. The lowest BCUT2D eigenvalue weighted by molar-refractivity contribution is -0.137. The molecule has 0 fully saturated rings. The number of rotatable bonds is 2. The second kappa shape index (κ2) is 11.5.